The van der Waals surface area contributed by atoms with Gasteiger partial charge in [-0.05, 0) is 31.4 Å². The van der Waals surface area contributed by atoms with Gasteiger partial charge in [-0.3, -0.25) is 24.8 Å². The molecule has 0 atom stereocenters. The van der Waals surface area contributed by atoms with Crippen LogP contribution in [0, 0.1) is 0 Å². The summed E-state index contributed by atoms with van der Waals surface area (Å²) in [7, 11) is 0. The smallest absolute Gasteiger partial charge is 0.276 e. The van der Waals surface area contributed by atoms with Crippen molar-refractivity contribution in [3.8, 4) is 0 Å². The summed E-state index contributed by atoms with van der Waals surface area (Å²) in [5, 5.41) is 3.43. The molecular formula is C19H23N5O2S. The average molecular weight is 385 g/mol. The van der Waals surface area contributed by atoms with E-state index in [2.05, 4.69) is 20.2 Å². The van der Waals surface area contributed by atoms with E-state index in [1.54, 1.807) is 24.4 Å². The lowest BCUT2D eigenvalue weighted by molar-refractivity contribution is -0.133. The van der Waals surface area contributed by atoms with Crippen LogP contribution >= 0.6 is 11.3 Å². The van der Waals surface area contributed by atoms with Crippen molar-refractivity contribution >= 4 is 28.3 Å². The Morgan fingerprint density at radius 2 is 2.00 bits per heavy atom. The van der Waals surface area contributed by atoms with Gasteiger partial charge in [0.1, 0.15) is 5.69 Å². The van der Waals surface area contributed by atoms with Gasteiger partial charge in [0.05, 0.1) is 12.2 Å². The predicted molar refractivity (Wildman–Crippen MR) is 104 cm³/mol. The number of anilines is 1. The molecule has 0 aromatic carbocycles. The predicted octanol–water partition coefficient (Wildman–Crippen LogP) is 2.16. The van der Waals surface area contributed by atoms with Gasteiger partial charge in [-0.15, -0.1) is 11.3 Å². The number of amides is 2. The summed E-state index contributed by atoms with van der Waals surface area (Å²) in [5.74, 6) is -0.0230. The molecule has 1 saturated heterocycles. The van der Waals surface area contributed by atoms with Crippen molar-refractivity contribution in [2.75, 3.05) is 31.5 Å². The van der Waals surface area contributed by atoms with E-state index >= 15 is 0 Å². The molecule has 1 N–H and O–H groups in total. The molecule has 0 saturated carbocycles. The number of nitrogens with one attached hydrogen (secondary N) is 1. The third kappa shape index (κ3) is 4.33. The number of thiazole rings is 1. The third-order valence-electron chi connectivity index (χ3n) is 5.00. The largest absolute Gasteiger partial charge is 0.342 e. The quantitative estimate of drug-likeness (QED) is 0.873. The van der Waals surface area contributed by atoms with Crippen molar-refractivity contribution < 1.29 is 9.59 Å². The maximum atomic E-state index is 12.5. The number of fused-ring (bicyclic) bond motifs is 1. The first-order valence-electron chi connectivity index (χ1n) is 9.40. The molecule has 2 amide bonds. The topological polar surface area (TPSA) is 78.4 Å². The zero-order valence-corrected chi connectivity index (χ0v) is 16.0. The first-order chi connectivity index (χ1) is 13.2. The summed E-state index contributed by atoms with van der Waals surface area (Å²) in [6, 6.07) is 5.24. The van der Waals surface area contributed by atoms with E-state index in [1.807, 2.05) is 4.90 Å². The number of pyridine rings is 1. The van der Waals surface area contributed by atoms with E-state index in [9.17, 15) is 9.59 Å². The summed E-state index contributed by atoms with van der Waals surface area (Å²) >= 11 is 1.49. The van der Waals surface area contributed by atoms with E-state index in [0.717, 1.165) is 49.5 Å². The van der Waals surface area contributed by atoms with Crippen LogP contribution in [0.1, 0.15) is 40.3 Å². The normalized spacial score (nSPS) is 17.4. The summed E-state index contributed by atoms with van der Waals surface area (Å²) in [5.41, 5.74) is 1.40. The van der Waals surface area contributed by atoms with Crippen LogP contribution in [0.4, 0.5) is 5.13 Å². The van der Waals surface area contributed by atoms with E-state index in [1.165, 1.54) is 17.8 Å². The number of carbonyl (C=O) groups is 2. The summed E-state index contributed by atoms with van der Waals surface area (Å²) < 4.78 is 0. The highest BCUT2D eigenvalue weighted by Crippen LogP contribution is 2.28. The lowest BCUT2D eigenvalue weighted by atomic mass is 10.1. The summed E-state index contributed by atoms with van der Waals surface area (Å²) in [6.07, 6.45) is 5.86. The molecule has 4 rings (SSSR count). The highest BCUT2D eigenvalue weighted by molar-refractivity contribution is 7.15. The highest BCUT2D eigenvalue weighted by Gasteiger charge is 2.25. The second-order valence-electron chi connectivity index (χ2n) is 6.96. The number of likely N-dealkylation sites (tertiary alicyclic amines) is 1. The monoisotopic (exact) mass is 385 g/mol. The van der Waals surface area contributed by atoms with Crippen LogP contribution in [0.3, 0.4) is 0 Å². The third-order valence-corrected chi connectivity index (χ3v) is 5.99. The minimum Gasteiger partial charge on any atom is -0.342 e. The zero-order valence-electron chi connectivity index (χ0n) is 15.2. The SMILES string of the molecule is O=C(Nc1nc2c(s1)CN(CC(=O)N1CCCCC1)CC2)c1ccccn1. The van der Waals surface area contributed by atoms with Crippen molar-refractivity contribution in [2.45, 2.75) is 32.2 Å². The molecule has 142 valence electrons. The fourth-order valence-electron chi connectivity index (χ4n) is 3.53. The lowest BCUT2D eigenvalue weighted by Gasteiger charge is -2.31. The molecule has 1 fully saturated rings. The molecule has 4 heterocycles. The highest BCUT2D eigenvalue weighted by atomic mass is 32.1. The van der Waals surface area contributed by atoms with Crippen molar-refractivity contribution in [2.24, 2.45) is 0 Å². The van der Waals surface area contributed by atoms with Crippen LogP contribution in [0.25, 0.3) is 0 Å². The van der Waals surface area contributed by atoms with Gasteiger partial charge in [0.2, 0.25) is 5.91 Å². The minimum absolute atomic E-state index is 0.228. The van der Waals surface area contributed by atoms with Gasteiger partial charge in [0, 0.05) is 43.7 Å². The Labute approximate surface area is 162 Å². The van der Waals surface area contributed by atoms with E-state index < -0.39 is 0 Å². The molecule has 0 aliphatic carbocycles. The maximum Gasteiger partial charge on any atom is 0.276 e. The molecule has 2 aromatic heterocycles. The molecule has 0 bridgehead atoms. The van der Waals surface area contributed by atoms with Gasteiger partial charge in [-0.1, -0.05) is 6.07 Å². The van der Waals surface area contributed by atoms with E-state index in [0.29, 0.717) is 23.9 Å². The second kappa shape index (κ2) is 8.14. The molecule has 27 heavy (non-hydrogen) atoms. The molecule has 7 nitrogen and oxygen atoms in total. The van der Waals surface area contributed by atoms with E-state index in [4.69, 9.17) is 0 Å². The molecule has 0 unspecified atom stereocenters. The number of nitrogens with zero attached hydrogens (tertiary/aromatic N) is 4. The van der Waals surface area contributed by atoms with Crippen molar-refractivity contribution in [1.29, 1.82) is 0 Å². The summed E-state index contributed by atoms with van der Waals surface area (Å²) in [4.78, 5) is 38.7. The van der Waals surface area contributed by atoms with Crippen LogP contribution in [-0.2, 0) is 17.8 Å². The summed E-state index contributed by atoms with van der Waals surface area (Å²) in [6.45, 7) is 3.79. The first kappa shape index (κ1) is 18.1. The van der Waals surface area contributed by atoms with Crippen LogP contribution in [-0.4, -0.2) is 57.8 Å². The van der Waals surface area contributed by atoms with Crippen LogP contribution in [0.5, 0.6) is 0 Å². The number of piperidine rings is 1. The van der Waals surface area contributed by atoms with Crippen LogP contribution in [0.2, 0.25) is 0 Å². The average Bonchev–Trinajstić information content (AvgIpc) is 3.10. The van der Waals surface area contributed by atoms with Gasteiger partial charge in [0.25, 0.3) is 5.91 Å². The van der Waals surface area contributed by atoms with Crippen LogP contribution < -0.4 is 5.32 Å². The lowest BCUT2D eigenvalue weighted by Crippen LogP contribution is -2.43. The number of rotatable bonds is 4. The number of carbonyl (C=O) groups excluding carboxylic acids is 2. The Morgan fingerprint density at radius 1 is 1.15 bits per heavy atom. The van der Waals surface area contributed by atoms with Gasteiger partial charge in [0.15, 0.2) is 5.13 Å². The number of aromatic nitrogens is 2. The van der Waals surface area contributed by atoms with Crippen molar-refractivity contribution in [3.05, 3.63) is 40.7 Å². The van der Waals surface area contributed by atoms with E-state index in [-0.39, 0.29) is 11.8 Å². The Hall–Kier alpha value is -2.32. The van der Waals surface area contributed by atoms with Gasteiger partial charge in [-0.2, -0.15) is 0 Å². The Morgan fingerprint density at radius 3 is 2.78 bits per heavy atom. The number of hydrogen-bond acceptors (Lipinski definition) is 6. The molecule has 8 heteroatoms. The fourth-order valence-corrected chi connectivity index (χ4v) is 4.58. The molecule has 2 aliphatic heterocycles. The second-order valence-corrected chi connectivity index (χ2v) is 8.04. The molecule has 0 spiro atoms. The van der Waals surface area contributed by atoms with Gasteiger partial charge in [-0.25, -0.2) is 4.98 Å². The zero-order chi connectivity index (χ0) is 18.6. The number of hydrogen-bond donors (Lipinski definition) is 1. The first-order valence-corrected chi connectivity index (χ1v) is 10.2. The minimum atomic E-state index is -0.251. The molecular weight excluding hydrogens is 362 g/mol. The van der Waals surface area contributed by atoms with Crippen molar-refractivity contribution in [3.63, 3.8) is 0 Å². The Balaban J connectivity index is 1.36. The Kier molecular flexibility index (Phi) is 5.45. The van der Waals surface area contributed by atoms with Gasteiger partial charge < -0.3 is 4.90 Å². The molecule has 2 aromatic rings. The molecule has 0 radical (unpaired) electrons. The fraction of sp³-hybridized carbons (Fsp3) is 0.474. The van der Waals surface area contributed by atoms with Crippen LogP contribution in [0.15, 0.2) is 24.4 Å². The van der Waals surface area contributed by atoms with Crippen molar-refractivity contribution in [1.82, 2.24) is 19.8 Å². The standard InChI is InChI=1S/C19H23N5O2S/c25-17(24-9-4-1-5-10-24)13-23-11-7-14-16(12-23)27-19(21-14)22-18(26)15-6-2-3-8-20-15/h2-3,6,8H,1,4-5,7,9-13H2,(H,21,22,26). The van der Waals surface area contributed by atoms with Gasteiger partial charge >= 0.3 is 0 Å². The maximum absolute atomic E-state index is 12.5. The Bertz CT molecular complexity index is 817. The molecule has 2 aliphatic rings.